The first-order chi connectivity index (χ1) is 13.4. The van der Waals surface area contributed by atoms with Gasteiger partial charge in [0.05, 0.1) is 6.42 Å². The van der Waals surface area contributed by atoms with Crippen LogP contribution in [0.1, 0.15) is 42.0 Å². The minimum absolute atomic E-state index is 0.00322. The van der Waals surface area contributed by atoms with E-state index in [4.69, 9.17) is 11.6 Å². The van der Waals surface area contributed by atoms with Crippen LogP contribution in [0.5, 0.6) is 0 Å². The zero-order chi connectivity index (χ0) is 19.8. The van der Waals surface area contributed by atoms with Gasteiger partial charge >= 0.3 is 5.97 Å². The molecule has 3 aromatic rings. The maximum absolute atomic E-state index is 12.0. The molecule has 2 unspecified atom stereocenters. The lowest BCUT2D eigenvalue weighted by Gasteiger charge is -2.24. The molecule has 0 radical (unpaired) electrons. The molecule has 0 bridgehead atoms. The van der Waals surface area contributed by atoms with Crippen LogP contribution in [-0.2, 0) is 28.9 Å². The standard InChI is InChI=1S/C22H22ClNO3S/c1-28(27)17-9-10-20-19(12-17)18-4-2-3-15(11-21(25)26)22(18)24(20)13-14-5-7-16(23)8-6-14/h5-10,12,15H,2-4,11,13H2,1H3,(H,25,26). The number of benzene rings is 2. The Morgan fingerprint density at radius 1 is 1.29 bits per heavy atom. The van der Waals surface area contributed by atoms with Crippen LogP contribution in [0, 0.1) is 0 Å². The maximum atomic E-state index is 12.0. The maximum Gasteiger partial charge on any atom is 0.304 e. The summed E-state index contributed by atoms with van der Waals surface area (Å²) in [6.07, 6.45) is 4.60. The minimum atomic E-state index is -1.05. The Morgan fingerprint density at radius 2 is 2.04 bits per heavy atom. The van der Waals surface area contributed by atoms with Gasteiger partial charge in [-0.25, -0.2) is 0 Å². The number of fused-ring (bicyclic) bond motifs is 3. The van der Waals surface area contributed by atoms with Crippen molar-refractivity contribution in [2.75, 3.05) is 6.26 Å². The van der Waals surface area contributed by atoms with Crippen molar-refractivity contribution in [1.29, 1.82) is 0 Å². The third-order valence-corrected chi connectivity index (χ3v) is 6.73. The average Bonchev–Trinajstić information content (AvgIpc) is 2.97. The SMILES string of the molecule is C[S+]([O-])c1ccc2c(c1)c1c(n2Cc2ccc(Cl)cc2)C(CC(=O)O)CCC1. The molecule has 0 amide bonds. The average molecular weight is 416 g/mol. The molecular formula is C22H22ClNO3S. The number of halogens is 1. The normalized spacial score (nSPS) is 17.5. The number of carboxylic acid groups (broad SMARTS) is 1. The predicted molar refractivity (Wildman–Crippen MR) is 113 cm³/mol. The lowest BCUT2D eigenvalue weighted by atomic mass is 9.84. The summed E-state index contributed by atoms with van der Waals surface area (Å²) in [5.74, 6) is -0.770. The molecule has 2 atom stereocenters. The number of aromatic nitrogens is 1. The highest BCUT2D eigenvalue weighted by Gasteiger charge is 2.29. The molecule has 1 N–H and O–H groups in total. The quantitative estimate of drug-likeness (QED) is 0.598. The first-order valence-electron chi connectivity index (χ1n) is 9.38. The molecule has 4 rings (SSSR count). The van der Waals surface area contributed by atoms with Crippen molar-refractivity contribution in [3.63, 3.8) is 0 Å². The molecule has 0 saturated carbocycles. The van der Waals surface area contributed by atoms with E-state index < -0.39 is 17.1 Å². The van der Waals surface area contributed by atoms with Crippen LogP contribution >= 0.6 is 11.6 Å². The molecule has 0 aliphatic heterocycles. The first kappa shape index (κ1) is 19.4. The molecule has 1 aromatic heterocycles. The molecule has 28 heavy (non-hydrogen) atoms. The second-order valence-corrected chi connectivity index (χ2v) is 9.21. The second-order valence-electron chi connectivity index (χ2n) is 7.40. The molecule has 146 valence electrons. The van der Waals surface area contributed by atoms with E-state index in [2.05, 4.69) is 4.57 Å². The number of aryl methyl sites for hydroxylation is 1. The van der Waals surface area contributed by atoms with Crippen molar-refractivity contribution in [1.82, 2.24) is 4.57 Å². The van der Waals surface area contributed by atoms with Gasteiger partial charge in [0.1, 0.15) is 6.26 Å². The van der Waals surface area contributed by atoms with E-state index >= 15 is 0 Å². The Bertz CT molecular complexity index is 1030. The van der Waals surface area contributed by atoms with Gasteiger partial charge < -0.3 is 14.2 Å². The minimum Gasteiger partial charge on any atom is -0.612 e. The lowest BCUT2D eigenvalue weighted by molar-refractivity contribution is -0.137. The Hall–Kier alpha value is -1.95. The van der Waals surface area contributed by atoms with Crippen molar-refractivity contribution in [2.45, 2.75) is 43.0 Å². The number of carbonyl (C=O) groups is 1. The summed E-state index contributed by atoms with van der Waals surface area (Å²) in [7, 11) is 0. The molecule has 4 nitrogen and oxygen atoms in total. The fourth-order valence-corrected chi connectivity index (χ4v) is 5.01. The molecule has 0 spiro atoms. The van der Waals surface area contributed by atoms with Gasteiger partial charge in [0.2, 0.25) is 0 Å². The van der Waals surface area contributed by atoms with E-state index in [1.165, 1.54) is 5.56 Å². The summed E-state index contributed by atoms with van der Waals surface area (Å²) >= 11 is 4.98. The Labute approximate surface area is 172 Å². The highest BCUT2D eigenvalue weighted by Crippen LogP contribution is 2.41. The van der Waals surface area contributed by atoms with E-state index in [0.717, 1.165) is 46.3 Å². The molecule has 0 fully saturated rings. The van der Waals surface area contributed by atoms with E-state index in [-0.39, 0.29) is 12.3 Å². The molecule has 1 aliphatic rings. The van der Waals surface area contributed by atoms with Crippen LogP contribution in [0.15, 0.2) is 47.4 Å². The lowest BCUT2D eigenvalue weighted by Crippen LogP contribution is -2.17. The van der Waals surface area contributed by atoms with E-state index in [1.54, 1.807) is 6.26 Å². The van der Waals surface area contributed by atoms with Gasteiger partial charge in [0.15, 0.2) is 4.90 Å². The highest BCUT2D eigenvalue weighted by molar-refractivity contribution is 7.90. The Kier molecular flexibility index (Phi) is 5.41. The van der Waals surface area contributed by atoms with Crippen LogP contribution < -0.4 is 0 Å². The van der Waals surface area contributed by atoms with Gasteiger partial charge in [-0.2, -0.15) is 0 Å². The van der Waals surface area contributed by atoms with E-state index in [0.29, 0.717) is 11.6 Å². The van der Waals surface area contributed by atoms with Crippen LogP contribution in [0.25, 0.3) is 10.9 Å². The van der Waals surface area contributed by atoms with Gasteiger partial charge in [-0.3, -0.25) is 4.79 Å². The molecule has 2 aromatic carbocycles. The summed E-state index contributed by atoms with van der Waals surface area (Å²) in [5, 5.41) is 11.2. The zero-order valence-electron chi connectivity index (χ0n) is 15.7. The van der Waals surface area contributed by atoms with Crippen molar-refractivity contribution in [3.8, 4) is 0 Å². The third-order valence-electron chi connectivity index (χ3n) is 5.56. The number of nitrogens with zero attached hydrogens (tertiary/aromatic N) is 1. The predicted octanol–water partition coefficient (Wildman–Crippen LogP) is 4.98. The number of hydrogen-bond donors (Lipinski definition) is 1. The van der Waals surface area contributed by atoms with Gasteiger partial charge in [-0.1, -0.05) is 23.7 Å². The number of rotatable bonds is 5. The summed E-state index contributed by atoms with van der Waals surface area (Å²) in [6.45, 7) is 0.660. The van der Waals surface area contributed by atoms with Crippen LogP contribution in [-0.4, -0.2) is 26.5 Å². The van der Waals surface area contributed by atoms with Crippen molar-refractivity contribution in [3.05, 3.63) is 64.3 Å². The van der Waals surface area contributed by atoms with Crippen molar-refractivity contribution < 1.29 is 14.5 Å². The van der Waals surface area contributed by atoms with E-state index in [9.17, 15) is 14.5 Å². The van der Waals surface area contributed by atoms with Gasteiger partial charge in [0, 0.05) is 40.1 Å². The molecule has 0 saturated heterocycles. The van der Waals surface area contributed by atoms with Gasteiger partial charge in [-0.05, 0) is 65.8 Å². The third kappa shape index (κ3) is 3.66. The largest absolute Gasteiger partial charge is 0.612 e. The van der Waals surface area contributed by atoms with E-state index in [1.807, 2.05) is 42.5 Å². The topological polar surface area (TPSA) is 65.3 Å². The monoisotopic (exact) mass is 415 g/mol. The second kappa shape index (κ2) is 7.82. The fraction of sp³-hybridized carbons (Fsp3) is 0.318. The van der Waals surface area contributed by atoms with Crippen molar-refractivity contribution in [2.24, 2.45) is 0 Å². The summed E-state index contributed by atoms with van der Waals surface area (Å²) in [6, 6.07) is 13.7. The smallest absolute Gasteiger partial charge is 0.304 e. The molecule has 1 aliphatic carbocycles. The fourth-order valence-electron chi connectivity index (χ4n) is 4.35. The zero-order valence-corrected chi connectivity index (χ0v) is 17.2. The number of aliphatic carboxylic acids is 1. The summed E-state index contributed by atoms with van der Waals surface area (Å²) in [4.78, 5) is 12.3. The molecule has 1 heterocycles. The Morgan fingerprint density at radius 3 is 2.71 bits per heavy atom. The molecule has 6 heteroatoms. The first-order valence-corrected chi connectivity index (χ1v) is 11.3. The molecular weight excluding hydrogens is 394 g/mol. The van der Waals surface area contributed by atoms with Crippen LogP contribution in [0.4, 0.5) is 0 Å². The van der Waals surface area contributed by atoms with Crippen molar-refractivity contribution >= 4 is 39.6 Å². The highest BCUT2D eigenvalue weighted by atomic mass is 35.5. The van der Waals surface area contributed by atoms with Crippen LogP contribution in [0.3, 0.4) is 0 Å². The Balaban J connectivity index is 1.90. The van der Waals surface area contributed by atoms with Crippen LogP contribution in [0.2, 0.25) is 5.02 Å². The summed E-state index contributed by atoms with van der Waals surface area (Å²) < 4.78 is 14.3. The number of carboxylic acids is 1. The number of hydrogen-bond acceptors (Lipinski definition) is 2. The van der Waals surface area contributed by atoms with Gasteiger partial charge in [-0.15, -0.1) is 0 Å². The summed E-state index contributed by atoms with van der Waals surface area (Å²) in [5.41, 5.74) is 4.53. The van der Waals surface area contributed by atoms with Gasteiger partial charge in [0.25, 0.3) is 0 Å².